The van der Waals surface area contributed by atoms with E-state index in [1.54, 1.807) is 12.3 Å². The zero-order chi connectivity index (χ0) is 14.2. The normalized spacial score (nSPS) is 10.4. The molecule has 2 rings (SSSR count). The number of benzene rings is 1. The molecule has 0 atom stereocenters. The lowest BCUT2D eigenvalue weighted by Crippen LogP contribution is -2.15. The van der Waals surface area contributed by atoms with Gasteiger partial charge in [0.1, 0.15) is 5.82 Å². The molecule has 5 heteroatoms. The van der Waals surface area contributed by atoms with Crippen molar-refractivity contribution in [3.8, 4) is 6.07 Å². The third-order valence-corrected chi connectivity index (χ3v) is 2.99. The minimum Gasteiger partial charge on any atom is -0.337 e. The van der Waals surface area contributed by atoms with E-state index < -0.39 is 0 Å². The summed E-state index contributed by atoms with van der Waals surface area (Å²) in [5.74, 6) is -0.360. The molecule has 0 bridgehead atoms. The van der Waals surface area contributed by atoms with Gasteiger partial charge in [0, 0.05) is 25.5 Å². The number of unbranched alkanes of at least 4 members (excludes halogenated alkanes) is 1. The summed E-state index contributed by atoms with van der Waals surface area (Å²) in [5.41, 5.74) is 1.16. The minimum atomic E-state index is -0.360. The van der Waals surface area contributed by atoms with Crippen LogP contribution in [0.1, 0.15) is 24.0 Å². The largest absolute Gasteiger partial charge is 0.337 e. The van der Waals surface area contributed by atoms with Crippen LogP contribution in [0.3, 0.4) is 0 Å². The number of hydrogen-bond acceptors (Lipinski definition) is 3. The molecule has 20 heavy (non-hydrogen) atoms. The highest BCUT2D eigenvalue weighted by Crippen LogP contribution is 2.08. The van der Waals surface area contributed by atoms with Gasteiger partial charge < -0.3 is 9.88 Å². The number of hydrogen-bond donors (Lipinski definition) is 1. The fraction of sp³-hybridized carbons (Fsp3) is 0.333. The molecule has 4 nitrogen and oxygen atoms in total. The Bertz CT molecular complexity index is 572. The van der Waals surface area contributed by atoms with E-state index in [0.717, 1.165) is 31.5 Å². The first kappa shape index (κ1) is 14.2. The van der Waals surface area contributed by atoms with E-state index in [1.807, 2.05) is 23.2 Å². The Morgan fingerprint density at radius 2 is 2.20 bits per heavy atom. The quantitative estimate of drug-likeness (QED) is 0.788. The molecule has 1 heterocycles. The number of aromatic nitrogens is 2. The van der Waals surface area contributed by atoms with Crippen molar-refractivity contribution in [3.63, 3.8) is 0 Å². The first-order valence-electron chi connectivity index (χ1n) is 6.64. The van der Waals surface area contributed by atoms with Crippen molar-refractivity contribution in [2.75, 3.05) is 6.54 Å². The predicted octanol–water partition coefficient (Wildman–Crippen LogP) is 2.46. The van der Waals surface area contributed by atoms with Gasteiger partial charge in [-0.15, -0.1) is 0 Å². The molecule has 2 aromatic rings. The summed E-state index contributed by atoms with van der Waals surface area (Å²) in [5, 5.41) is 12.0. The first-order valence-corrected chi connectivity index (χ1v) is 6.64. The molecule has 1 aromatic carbocycles. The monoisotopic (exact) mass is 272 g/mol. The van der Waals surface area contributed by atoms with Gasteiger partial charge in [-0.25, -0.2) is 9.37 Å². The van der Waals surface area contributed by atoms with Gasteiger partial charge in [0.05, 0.1) is 18.0 Å². The summed E-state index contributed by atoms with van der Waals surface area (Å²) in [4.78, 5) is 3.99. The van der Waals surface area contributed by atoms with Gasteiger partial charge in [-0.2, -0.15) is 5.26 Å². The summed E-state index contributed by atoms with van der Waals surface area (Å²) in [7, 11) is 0. The van der Waals surface area contributed by atoms with Crippen LogP contribution in [0.2, 0.25) is 0 Å². The standard InChI is InChI=1S/C15H17FN4/c16-15-8-13(10-17)7-14(9-15)11-18-3-1-2-5-20-6-4-19-12-20/h4,6-9,12,18H,1-3,5,11H2. The molecule has 0 spiro atoms. The van der Waals surface area contributed by atoms with E-state index in [9.17, 15) is 4.39 Å². The average Bonchev–Trinajstić information content (AvgIpc) is 2.95. The SMILES string of the molecule is N#Cc1cc(F)cc(CNCCCCn2ccnc2)c1. The number of nitriles is 1. The summed E-state index contributed by atoms with van der Waals surface area (Å²) in [6, 6.07) is 6.37. The van der Waals surface area contributed by atoms with Crippen LogP contribution in [0, 0.1) is 17.1 Å². The zero-order valence-corrected chi connectivity index (χ0v) is 11.2. The highest BCUT2D eigenvalue weighted by Gasteiger charge is 2.00. The van der Waals surface area contributed by atoms with Gasteiger partial charge in [-0.3, -0.25) is 0 Å². The number of aryl methyl sites for hydroxylation is 1. The van der Waals surface area contributed by atoms with Crippen molar-refractivity contribution in [3.05, 3.63) is 53.9 Å². The molecule has 0 aliphatic heterocycles. The summed E-state index contributed by atoms with van der Waals surface area (Å²) in [6.07, 6.45) is 7.64. The summed E-state index contributed by atoms with van der Waals surface area (Å²) in [6.45, 7) is 2.41. The fourth-order valence-electron chi connectivity index (χ4n) is 2.01. The Morgan fingerprint density at radius 1 is 1.30 bits per heavy atom. The van der Waals surface area contributed by atoms with Gasteiger partial charge in [0.2, 0.25) is 0 Å². The molecule has 0 radical (unpaired) electrons. The molecular formula is C15H17FN4. The van der Waals surface area contributed by atoms with Crippen LogP contribution in [-0.4, -0.2) is 16.1 Å². The Balaban J connectivity index is 1.66. The van der Waals surface area contributed by atoms with E-state index in [1.165, 1.54) is 12.1 Å². The summed E-state index contributed by atoms with van der Waals surface area (Å²) >= 11 is 0. The number of halogens is 1. The van der Waals surface area contributed by atoms with Crippen molar-refractivity contribution in [1.82, 2.24) is 14.9 Å². The molecule has 0 fully saturated rings. The van der Waals surface area contributed by atoms with Crippen LogP contribution in [0.25, 0.3) is 0 Å². The Morgan fingerprint density at radius 3 is 2.95 bits per heavy atom. The highest BCUT2D eigenvalue weighted by molar-refractivity contribution is 5.33. The molecule has 0 unspecified atom stereocenters. The maximum absolute atomic E-state index is 13.2. The van der Waals surface area contributed by atoms with Gasteiger partial charge in [0.25, 0.3) is 0 Å². The third-order valence-electron chi connectivity index (χ3n) is 2.99. The number of nitrogens with one attached hydrogen (secondary N) is 1. The lowest BCUT2D eigenvalue weighted by atomic mass is 10.1. The number of imidazole rings is 1. The topological polar surface area (TPSA) is 53.6 Å². The Hall–Kier alpha value is -2.19. The lowest BCUT2D eigenvalue weighted by Gasteiger charge is -2.06. The molecule has 1 aromatic heterocycles. The second kappa shape index (κ2) is 7.41. The van der Waals surface area contributed by atoms with Gasteiger partial charge in [-0.1, -0.05) is 0 Å². The van der Waals surface area contributed by atoms with Gasteiger partial charge in [0.15, 0.2) is 0 Å². The van der Waals surface area contributed by atoms with Crippen molar-refractivity contribution in [2.45, 2.75) is 25.9 Å². The van der Waals surface area contributed by atoms with Gasteiger partial charge in [-0.05, 0) is 43.1 Å². The highest BCUT2D eigenvalue weighted by atomic mass is 19.1. The molecule has 0 saturated carbocycles. The van der Waals surface area contributed by atoms with Crippen molar-refractivity contribution >= 4 is 0 Å². The van der Waals surface area contributed by atoms with E-state index in [-0.39, 0.29) is 5.82 Å². The van der Waals surface area contributed by atoms with Crippen LogP contribution in [0.15, 0.2) is 36.9 Å². The van der Waals surface area contributed by atoms with Crippen LogP contribution < -0.4 is 5.32 Å². The summed E-state index contributed by atoms with van der Waals surface area (Å²) < 4.78 is 15.3. The predicted molar refractivity (Wildman–Crippen MR) is 74.3 cm³/mol. The Kier molecular flexibility index (Phi) is 5.27. The lowest BCUT2D eigenvalue weighted by molar-refractivity contribution is 0.566. The minimum absolute atomic E-state index is 0.360. The third kappa shape index (κ3) is 4.48. The fourth-order valence-corrected chi connectivity index (χ4v) is 2.01. The van der Waals surface area contributed by atoms with E-state index in [0.29, 0.717) is 12.1 Å². The molecule has 104 valence electrons. The van der Waals surface area contributed by atoms with E-state index in [2.05, 4.69) is 10.3 Å². The second-order valence-corrected chi connectivity index (χ2v) is 4.64. The van der Waals surface area contributed by atoms with Crippen LogP contribution in [-0.2, 0) is 13.1 Å². The molecular weight excluding hydrogens is 255 g/mol. The first-order chi connectivity index (χ1) is 9.78. The van der Waals surface area contributed by atoms with Crippen molar-refractivity contribution < 1.29 is 4.39 Å². The van der Waals surface area contributed by atoms with Crippen LogP contribution in [0.4, 0.5) is 4.39 Å². The van der Waals surface area contributed by atoms with Crippen molar-refractivity contribution in [2.24, 2.45) is 0 Å². The zero-order valence-electron chi connectivity index (χ0n) is 11.2. The number of nitrogens with zero attached hydrogens (tertiary/aromatic N) is 3. The van der Waals surface area contributed by atoms with Crippen LogP contribution in [0.5, 0.6) is 0 Å². The Labute approximate surface area is 117 Å². The van der Waals surface area contributed by atoms with Gasteiger partial charge >= 0.3 is 0 Å². The molecule has 0 saturated heterocycles. The second-order valence-electron chi connectivity index (χ2n) is 4.64. The maximum Gasteiger partial charge on any atom is 0.124 e. The molecule has 0 aliphatic carbocycles. The maximum atomic E-state index is 13.2. The molecule has 1 N–H and O–H groups in total. The van der Waals surface area contributed by atoms with E-state index >= 15 is 0 Å². The van der Waals surface area contributed by atoms with Crippen molar-refractivity contribution in [1.29, 1.82) is 5.26 Å². The van der Waals surface area contributed by atoms with E-state index in [4.69, 9.17) is 5.26 Å². The van der Waals surface area contributed by atoms with Crippen LogP contribution >= 0.6 is 0 Å². The molecule has 0 amide bonds. The average molecular weight is 272 g/mol. The smallest absolute Gasteiger partial charge is 0.124 e. The number of rotatable bonds is 7. The molecule has 0 aliphatic rings.